The smallest absolute Gasteiger partial charge is 0.309 e. The Hall–Kier alpha value is -3.85. The van der Waals surface area contributed by atoms with Gasteiger partial charge in [0.05, 0.1) is 6.04 Å². The minimum Gasteiger partial charge on any atom is -0.479 e. The van der Waals surface area contributed by atoms with Crippen LogP contribution < -0.4 is 26.0 Å². The number of rotatable bonds is 12. The molecule has 3 rings (SSSR count). The molecule has 2 fully saturated rings. The van der Waals surface area contributed by atoms with Crippen LogP contribution >= 0.6 is 0 Å². The highest BCUT2D eigenvalue weighted by Gasteiger charge is 2.37. The number of benzene rings is 1. The van der Waals surface area contributed by atoms with Gasteiger partial charge in [-0.05, 0) is 38.0 Å². The summed E-state index contributed by atoms with van der Waals surface area (Å²) in [5.41, 5.74) is 0. The monoisotopic (exact) mass is 636 g/mol. The Kier molecular flexibility index (Phi) is 11.6. The molecule has 0 radical (unpaired) electrons. The van der Waals surface area contributed by atoms with Crippen LogP contribution in [-0.2, 0) is 24.0 Å². The van der Waals surface area contributed by atoms with E-state index in [9.17, 15) is 50.3 Å². The molecule has 1 heterocycles. The van der Waals surface area contributed by atoms with Gasteiger partial charge in [-0.25, -0.2) is 17.6 Å². The number of hydrogen-bond donors (Lipinski definition) is 4. The molecular weight excluding hydrogens is 602 g/mol. The zero-order valence-electron chi connectivity index (χ0n) is 24.0. The second-order valence-corrected chi connectivity index (χ2v) is 11.4. The molecule has 1 saturated carbocycles. The molecule has 0 spiro atoms. The predicted molar refractivity (Wildman–Crippen MR) is 141 cm³/mol. The molecule has 1 saturated heterocycles. The lowest BCUT2D eigenvalue weighted by atomic mass is 9.92. The first-order valence-corrected chi connectivity index (χ1v) is 14.1. The molecular formula is C28H34F6N4O6. The zero-order valence-corrected chi connectivity index (χ0v) is 24.0. The molecule has 0 bridgehead atoms. The van der Waals surface area contributed by atoms with Gasteiger partial charge in [0.2, 0.25) is 29.4 Å². The number of amides is 4. The van der Waals surface area contributed by atoms with E-state index in [1.54, 1.807) is 13.8 Å². The number of carbonyl (C=O) groups is 5. The molecule has 3 atom stereocenters. The van der Waals surface area contributed by atoms with E-state index in [2.05, 4.69) is 21.3 Å². The molecule has 1 aliphatic carbocycles. The summed E-state index contributed by atoms with van der Waals surface area (Å²) in [6.07, 6.45) is -1.00. The van der Waals surface area contributed by atoms with E-state index in [-0.39, 0.29) is 50.6 Å². The maximum absolute atomic E-state index is 14.0. The molecule has 44 heavy (non-hydrogen) atoms. The number of ketones is 1. The van der Waals surface area contributed by atoms with Crippen molar-refractivity contribution >= 4 is 29.4 Å². The lowest BCUT2D eigenvalue weighted by Gasteiger charge is -2.29. The number of ether oxygens (including phenoxy) is 1. The van der Waals surface area contributed by atoms with Gasteiger partial charge in [0, 0.05) is 37.4 Å². The van der Waals surface area contributed by atoms with Crippen LogP contribution in [0.3, 0.4) is 0 Å². The average Bonchev–Trinajstić information content (AvgIpc) is 3.35. The average molecular weight is 637 g/mol. The fourth-order valence-corrected chi connectivity index (χ4v) is 4.98. The van der Waals surface area contributed by atoms with Crippen molar-refractivity contribution in [2.45, 2.75) is 82.8 Å². The first-order chi connectivity index (χ1) is 20.6. The second-order valence-electron chi connectivity index (χ2n) is 11.4. The Morgan fingerprint density at radius 3 is 2.11 bits per heavy atom. The zero-order chi connectivity index (χ0) is 32.8. The van der Waals surface area contributed by atoms with Gasteiger partial charge in [-0.15, -0.1) is 0 Å². The van der Waals surface area contributed by atoms with Crippen molar-refractivity contribution < 1.29 is 55.1 Å². The third kappa shape index (κ3) is 9.32. The van der Waals surface area contributed by atoms with Crippen molar-refractivity contribution in [1.29, 1.82) is 0 Å². The van der Waals surface area contributed by atoms with E-state index in [1.165, 1.54) is 0 Å². The van der Waals surface area contributed by atoms with Crippen molar-refractivity contribution in [3.63, 3.8) is 0 Å². The Morgan fingerprint density at radius 1 is 0.955 bits per heavy atom. The van der Waals surface area contributed by atoms with E-state index in [0.717, 1.165) is 0 Å². The number of carbonyl (C=O) groups excluding carboxylic acids is 5. The summed E-state index contributed by atoms with van der Waals surface area (Å²) in [6, 6.07) is -3.58. The molecule has 4 N–H and O–H groups in total. The van der Waals surface area contributed by atoms with Gasteiger partial charge in [0.25, 0.3) is 0 Å². The van der Waals surface area contributed by atoms with Crippen LogP contribution in [-0.4, -0.2) is 66.6 Å². The van der Waals surface area contributed by atoms with E-state index in [4.69, 9.17) is 4.74 Å². The van der Waals surface area contributed by atoms with Gasteiger partial charge in [-0.3, -0.25) is 24.0 Å². The molecule has 4 amide bonds. The van der Waals surface area contributed by atoms with Crippen LogP contribution in [0.4, 0.5) is 26.3 Å². The maximum Gasteiger partial charge on any atom is 0.309 e. The molecule has 244 valence electrons. The summed E-state index contributed by atoms with van der Waals surface area (Å²) in [4.78, 5) is 63.6. The van der Waals surface area contributed by atoms with Crippen molar-refractivity contribution in [1.82, 2.24) is 21.3 Å². The lowest BCUT2D eigenvalue weighted by molar-refractivity contribution is -0.142. The summed E-state index contributed by atoms with van der Waals surface area (Å²) in [5, 5.41) is 9.58. The fourth-order valence-electron chi connectivity index (χ4n) is 4.98. The predicted octanol–water partition coefficient (Wildman–Crippen LogP) is 2.43. The van der Waals surface area contributed by atoms with Crippen molar-refractivity contribution in [3.8, 4) is 5.75 Å². The normalized spacial score (nSPS) is 19.6. The third-order valence-corrected chi connectivity index (χ3v) is 7.41. The molecule has 2 aliphatic rings. The minimum absolute atomic E-state index is 0.0131. The number of alkyl halides is 2. The summed E-state index contributed by atoms with van der Waals surface area (Å²) >= 11 is 0. The number of halogens is 6. The fraction of sp³-hybridized carbons (Fsp3) is 0.607. The summed E-state index contributed by atoms with van der Waals surface area (Å²) < 4.78 is 86.8. The summed E-state index contributed by atoms with van der Waals surface area (Å²) in [6.45, 7) is 2.54. The van der Waals surface area contributed by atoms with Crippen LogP contribution in [0.2, 0.25) is 0 Å². The lowest BCUT2D eigenvalue weighted by Crippen LogP contribution is -2.56. The summed E-state index contributed by atoms with van der Waals surface area (Å²) in [7, 11) is 0. The van der Waals surface area contributed by atoms with Gasteiger partial charge in [-0.2, -0.15) is 8.78 Å². The van der Waals surface area contributed by atoms with Crippen LogP contribution in [0.15, 0.2) is 6.07 Å². The van der Waals surface area contributed by atoms with Crippen LogP contribution in [0.5, 0.6) is 5.75 Å². The van der Waals surface area contributed by atoms with E-state index in [0.29, 0.717) is 0 Å². The molecule has 1 aromatic carbocycles. The van der Waals surface area contributed by atoms with Crippen molar-refractivity contribution in [2.75, 3.05) is 13.2 Å². The minimum atomic E-state index is -2.85. The Bertz CT molecular complexity index is 1240. The largest absolute Gasteiger partial charge is 0.479 e. The van der Waals surface area contributed by atoms with Crippen LogP contribution in [0.1, 0.15) is 58.8 Å². The number of hydrogen-bond acceptors (Lipinski definition) is 6. The second kappa shape index (κ2) is 14.8. The van der Waals surface area contributed by atoms with Crippen LogP contribution in [0.25, 0.3) is 0 Å². The number of nitrogens with one attached hydrogen (secondary N) is 4. The first-order valence-electron chi connectivity index (χ1n) is 14.1. The SMILES string of the molecule is CC(C)C[C@H](NC(=O)C(=O)NC1CCC(F)(F)CC1)C(=O)N[C@@H](C[C@@H]1CCNC1=O)C(=O)COc1c(F)c(F)cc(F)c1F. The maximum atomic E-state index is 14.0. The molecule has 10 nitrogen and oxygen atoms in total. The van der Waals surface area contributed by atoms with Crippen molar-refractivity contribution in [2.24, 2.45) is 11.8 Å². The highest BCUT2D eigenvalue weighted by molar-refractivity contribution is 6.35. The molecule has 0 aromatic heterocycles. The van der Waals surface area contributed by atoms with Gasteiger partial charge in [0.15, 0.2) is 23.2 Å². The summed E-state index contributed by atoms with van der Waals surface area (Å²) in [5.74, 6) is -17.3. The number of Topliss-reactive ketones (excluding diaryl/α,β-unsaturated/α-hetero) is 1. The van der Waals surface area contributed by atoms with Gasteiger partial charge < -0.3 is 26.0 Å². The Balaban J connectivity index is 1.71. The van der Waals surface area contributed by atoms with Crippen molar-refractivity contribution in [3.05, 3.63) is 29.3 Å². The topological polar surface area (TPSA) is 143 Å². The first kappa shape index (κ1) is 34.6. The third-order valence-electron chi connectivity index (χ3n) is 7.41. The molecule has 1 aromatic rings. The highest BCUT2D eigenvalue weighted by Crippen LogP contribution is 2.33. The van der Waals surface area contributed by atoms with Gasteiger partial charge >= 0.3 is 11.8 Å². The Labute approximate surface area is 249 Å². The van der Waals surface area contributed by atoms with Gasteiger partial charge in [-0.1, -0.05) is 13.8 Å². The standard InChI is InChI=1S/C28H34F6N4O6/c1-13(2)9-19(38-27(43)26(42)36-15-3-6-28(33,34)7-4-15)25(41)37-18(10-14-5-8-35-24(14)40)20(39)12-44-23-21(31)16(29)11-17(30)22(23)32/h11,13-15,18-19H,3-10,12H2,1-2H3,(H,35,40)(H,36,42)(H,37,41)(H,38,43)/t14-,18-,19-/m0/s1. The van der Waals surface area contributed by atoms with Crippen LogP contribution in [0, 0.1) is 35.1 Å². The van der Waals surface area contributed by atoms with E-state index < -0.39 is 108 Å². The quantitative estimate of drug-likeness (QED) is 0.158. The molecule has 1 aliphatic heterocycles. The molecule has 0 unspecified atom stereocenters. The molecule has 16 heteroatoms. The highest BCUT2D eigenvalue weighted by atomic mass is 19.3. The van der Waals surface area contributed by atoms with E-state index >= 15 is 0 Å². The van der Waals surface area contributed by atoms with E-state index in [1.807, 2.05) is 0 Å². The van der Waals surface area contributed by atoms with Gasteiger partial charge in [0.1, 0.15) is 12.6 Å². The Morgan fingerprint density at radius 2 is 1.57 bits per heavy atom.